The van der Waals surface area contributed by atoms with Crippen molar-refractivity contribution in [1.82, 2.24) is 10.2 Å². The third kappa shape index (κ3) is 8.03. The topological polar surface area (TPSA) is 75.2 Å². The molecule has 0 amide bonds. The SMILES string of the molecule is CCCCCCC/C=C/c1cc(-c2cn[nH]c2)ccc1C(O)CCCC(=O)OCl. The molecule has 158 valence electrons. The summed E-state index contributed by atoms with van der Waals surface area (Å²) in [7, 11) is 0. The summed E-state index contributed by atoms with van der Waals surface area (Å²) in [5.41, 5.74) is 3.90. The molecule has 29 heavy (non-hydrogen) atoms. The predicted molar refractivity (Wildman–Crippen MR) is 117 cm³/mol. The summed E-state index contributed by atoms with van der Waals surface area (Å²) in [5, 5.41) is 17.5. The number of aliphatic hydroxyl groups is 1. The van der Waals surface area contributed by atoms with Crippen LogP contribution in [0.15, 0.2) is 36.7 Å². The average molecular weight is 419 g/mol. The predicted octanol–water partition coefficient (Wildman–Crippen LogP) is 6.35. The maximum atomic E-state index is 11.2. The summed E-state index contributed by atoms with van der Waals surface area (Å²) < 4.78 is 4.15. The van der Waals surface area contributed by atoms with E-state index in [-0.39, 0.29) is 6.42 Å². The molecule has 5 nitrogen and oxygen atoms in total. The fourth-order valence-electron chi connectivity index (χ4n) is 3.32. The van der Waals surface area contributed by atoms with Gasteiger partial charge in [-0.05, 0) is 48.4 Å². The number of halogens is 1. The van der Waals surface area contributed by atoms with Crippen molar-refractivity contribution in [3.8, 4) is 11.1 Å². The highest BCUT2D eigenvalue weighted by molar-refractivity contribution is 6.13. The number of allylic oxidation sites excluding steroid dienone is 1. The van der Waals surface area contributed by atoms with Gasteiger partial charge in [0.15, 0.2) is 0 Å². The first-order valence-corrected chi connectivity index (χ1v) is 10.8. The van der Waals surface area contributed by atoms with Crippen LogP contribution < -0.4 is 0 Å². The van der Waals surface area contributed by atoms with Gasteiger partial charge in [-0.2, -0.15) is 5.10 Å². The van der Waals surface area contributed by atoms with Crippen molar-refractivity contribution in [3.63, 3.8) is 0 Å². The third-order valence-corrected chi connectivity index (χ3v) is 5.17. The smallest absolute Gasteiger partial charge is 0.324 e. The Balaban J connectivity index is 2.06. The number of aromatic amines is 1. The van der Waals surface area contributed by atoms with Gasteiger partial charge in [-0.15, -0.1) is 0 Å². The second-order valence-corrected chi connectivity index (χ2v) is 7.45. The highest BCUT2D eigenvalue weighted by atomic mass is 35.5. The van der Waals surface area contributed by atoms with Crippen molar-refractivity contribution >= 4 is 23.9 Å². The summed E-state index contributed by atoms with van der Waals surface area (Å²) in [4.78, 5) is 11.2. The zero-order chi connectivity index (χ0) is 20.9. The van der Waals surface area contributed by atoms with E-state index in [4.69, 9.17) is 11.9 Å². The van der Waals surface area contributed by atoms with Crippen LogP contribution in [-0.4, -0.2) is 21.3 Å². The monoisotopic (exact) mass is 418 g/mol. The molecular formula is C23H31ClN2O3. The second kappa shape index (κ2) is 13.2. The van der Waals surface area contributed by atoms with Gasteiger partial charge in [0, 0.05) is 18.2 Å². The zero-order valence-corrected chi connectivity index (χ0v) is 17.8. The summed E-state index contributed by atoms with van der Waals surface area (Å²) in [5.74, 6) is -0.475. The number of carbonyl (C=O) groups is 1. The molecule has 2 rings (SSSR count). The van der Waals surface area contributed by atoms with Crippen LogP contribution in [0.25, 0.3) is 17.2 Å². The number of benzene rings is 1. The molecule has 0 bridgehead atoms. The second-order valence-electron chi connectivity index (χ2n) is 7.29. The molecule has 0 saturated heterocycles. The minimum absolute atomic E-state index is 0.191. The van der Waals surface area contributed by atoms with E-state index in [2.05, 4.69) is 39.6 Å². The fraction of sp³-hybridized carbons (Fsp3) is 0.478. The van der Waals surface area contributed by atoms with Crippen molar-refractivity contribution in [2.75, 3.05) is 0 Å². The van der Waals surface area contributed by atoms with Gasteiger partial charge < -0.3 is 9.40 Å². The van der Waals surface area contributed by atoms with Crippen LogP contribution in [0.3, 0.4) is 0 Å². The summed E-state index contributed by atoms with van der Waals surface area (Å²) in [6, 6.07) is 6.01. The van der Waals surface area contributed by atoms with E-state index in [0.717, 1.165) is 28.7 Å². The zero-order valence-electron chi connectivity index (χ0n) is 17.1. The van der Waals surface area contributed by atoms with E-state index in [0.29, 0.717) is 12.8 Å². The fourth-order valence-corrected chi connectivity index (χ4v) is 3.40. The molecule has 6 heteroatoms. The maximum absolute atomic E-state index is 11.2. The highest BCUT2D eigenvalue weighted by Gasteiger charge is 2.14. The Kier molecular flexibility index (Phi) is 10.5. The number of rotatable bonds is 13. The molecule has 0 aliphatic rings. The Morgan fingerprint density at radius 1 is 1.24 bits per heavy atom. The van der Waals surface area contributed by atoms with Gasteiger partial charge in [-0.25, -0.2) is 0 Å². The van der Waals surface area contributed by atoms with E-state index in [1.54, 1.807) is 6.20 Å². The van der Waals surface area contributed by atoms with Crippen molar-refractivity contribution in [3.05, 3.63) is 47.8 Å². The number of carbonyl (C=O) groups excluding carboxylic acids is 1. The van der Waals surface area contributed by atoms with E-state index < -0.39 is 12.1 Å². The number of aromatic nitrogens is 2. The van der Waals surface area contributed by atoms with Crippen LogP contribution in [0.4, 0.5) is 0 Å². The van der Waals surface area contributed by atoms with Crippen molar-refractivity contribution in [2.24, 2.45) is 0 Å². The molecule has 0 saturated carbocycles. The van der Waals surface area contributed by atoms with Crippen LogP contribution in [0.1, 0.15) is 81.9 Å². The normalized spacial score (nSPS) is 12.4. The first kappa shape index (κ1) is 23.2. The lowest BCUT2D eigenvalue weighted by molar-refractivity contribution is -0.134. The van der Waals surface area contributed by atoms with Crippen LogP contribution >= 0.6 is 11.9 Å². The number of aliphatic hydroxyl groups excluding tert-OH is 1. The standard InChI is InChI=1S/C23H31ClN2O3/c1-2-3-4-5-6-7-8-10-19-15-18(20-16-25-26-17-20)13-14-21(19)22(27)11-9-12-23(28)29-24/h8,10,13-17,22,27H,2-7,9,11-12H2,1H3,(H,25,26)/b10-8+. The number of hydrogen-bond acceptors (Lipinski definition) is 4. The molecule has 0 radical (unpaired) electrons. The molecule has 2 aromatic rings. The molecule has 0 aliphatic carbocycles. The minimum Gasteiger partial charge on any atom is -0.388 e. The third-order valence-electron chi connectivity index (χ3n) is 4.99. The van der Waals surface area contributed by atoms with Gasteiger partial charge in [0.25, 0.3) is 0 Å². The first-order chi connectivity index (χ1) is 14.2. The lowest BCUT2D eigenvalue weighted by atomic mass is 9.94. The van der Waals surface area contributed by atoms with Gasteiger partial charge in [0.05, 0.1) is 12.3 Å². The van der Waals surface area contributed by atoms with Crippen LogP contribution in [0.2, 0.25) is 0 Å². The van der Waals surface area contributed by atoms with Crippen LogP contribution in [0, 0.1) is 0 Å². The molecule has 1 aromatic heterocycles. The van der Waals surface area contributed by atoms with Crippen molar-refractivity contribution in [1.29, 1.82) is 0 Å². The number of nitrogens with one attached hydrogen (secondary N) is 1. The van der Waals surface area contributed by atoms with Crippen LogP contribution in [0.5, 0.6) is 0 Å². The van der Waals surface area contributed by atoms with Gasteiger partial charge in [0.1, 0.15) is 11.9 Å². The average Bonchev–Trinajstić information content (AvgIpc) is 3.27. The summed E-state index contributed by atoms with van der Waals surface area (Å²) >= 11 is 5.06. The number of unbranched alkanes of at least 4 members (excludes halogenated alkanes) is 5. The summed E-state index contributed by atoms with van der Waals surface area (Å²) in [6.07, 6.45) is 15.7. The Bertz CT molecular complexity index is 759. The molecule has 1 aromatic carbocycles. The molecule has 1 atom stereocenters. The van der Waals surface area contributed by atoms with Gasteiger partial charge in [0.2, 0.25) is 0 Å². The van der Waals surface area contributed by atoms with Gasteiger partial charge >= 0.3 is 5.97 Å². The molecule has 1 heterocycles. The molecule has 0 fully saturated rings. The van der Waals surface area contributed by atoms with E-state index >= 15 is 0 Å². The lowest BCUT2D eigenvalue weighted by Crippen LogP contribution is -2.03. The van der Waals surface area contributed by atoms with Gasteiger partial charge in [-0.3, -0.25) is 9.89 Å². The Morgan fingerprint density at radius 3 is 2.79 bits per heavy atom. The minimum atomic E-state index is -0.652. The van der Waals surface area contributed by atoms with Crippen molar-refractivity contribution in [2.45, 2.75) is 70.8 Å². The molecule has 2 N–H and O–H groups in total. The van der Waals surface area contributed by atoms with E-state index in [1.807, 2.05) is 18.3 Å². The molecule has 0 spiro atoms. The first-order valence-electron chi connectivity index (χ1n) is 10.4. The largest absolute Gasteiger partial charge is 0.388 e. The quantitative estimate of drug-likeness (QED) is 0.371. The Morgan fingerprint density at radius 2 is 2.07 bits per heavy atom. The lowest BCUT2D eigenvalue weighted by Gasteiger charge is -2.15. The van der Waals surface area contributed by atoms with Gasteiger partial charge in [-0.1, -0.05) is 56.9 Å². The molecule has 1 unspecified atom stereocenters. The van der Waals surface area contributed by atoms with E-state index in [9.17, 15) is 9.90 Å². The molecular weight excluding hydrogens is 388 g/mol. The summed E-state index contributed by atoms with van der Waals surface area (Å²) in [6.45, 7) is 2.22. The number of nitrogens with zero attached hydrogens (tertiary/aromatic N) is 1. The van der Waals surface area contributed by atoms with E-state index in [1.165, 1.54) is 32.1 Å². The van der Waals surface area contributed by atoms with Crippen molar-refractivity contribution < 1.29 is 14.2 Å². The van der Waals surface area contributed by atoms with Crippen LogP contribution in [-0.2, 0) is 9.08 Å². The molecule has 0 aliphatic heterocycles. The highest BCUT2D eigenvalue weighted by Crippen LogP contribution is 2.29. The Labute approximate surface area is 178 Å². The number of hydrogen-bond donors (Lipinski definition) is 2. The Hall–Kier alpha value is -2.11. The number of H-pyrrole nitrogens is 1. The maximum Gasteiger partial charge on any atom is 0.324 e.